The summed E-state index contributed by atoms with van der Waals surface area (Å²) in [6.07, 6.45) is 1.66. The largest absolute Gasteiger partial charge is 0.469 e. The predicted molar refractivity (Wildman–Crippen MR) is 95.0 cm³/mol. The number of methoxy groups -OCH3 is 1. The third-order valence-electron chi connectivity index (χ3n) is 4.21. The van der Waals surface area contributed by atoms with E-state index in [1.54, 1.807) is 11.3 Å². The van der Waals surface area contributed by atoms with E-state index >= 15 is 0 Å². The lowest BCUT2D eigenvalue weighted by Gasteiger charge is -2.33. The van der Waals surface area contributed by atoms with E-state index in [2.05, 4.69) is 41.6 Å². The van der Waals surface area contributed by atoms with Crippen molar-refractivity contribution < 1.29 is 9.53 Å². The number of nitrogens with one attached hydrogen (secondary N) is 1. The number of rotatable bonds is 5. The van der Waals surface area contributed by atoms with Crippen molar-refractivity contribution in [3.63, 3.8) is 0 Å². The summed E-state index contributed by atoms with van der Waals surface area (Å²) in [6, 6.07) is 4.25. The van der Waals surface area contributed by atoms with E-state index in [0.29, 0.717) is 5.92 Å². The monoisotopic (exact) mass is 337 g/mol. The van der Waals surface area contributed by atoms with Gasteiger partial charge in [0.1, 0.15) is 0 Å². The van der Waals surface area contributed by atoms with Crippen LogP contribution in [0.3, 0.4) is 0 Å². The molecule has 0 aliphatic carbocycles. The normalized spacial score (nSPS) is 17.9. The van der Waals surface area contributed by atoms with E-state index in [1.165, 1.54) is 12.0 Å². The van der Waals surface area contributed by atoms with Crippen molar-refractivity contribution in [1.29, 1.82) is 0 Å². The van der Waals surface area contributed by atoms with E-state index in [-0.39, 0.29) is 11.9 Å². The van der Waals surface area contributed by atoms with Crippen LogP contribution in [0.1, 0.15) is 37.5 Å². The number of carbonyl (C=O) groups excluding carboxylic acids is 1. The molecule has 1 aromatic rings. The molecule has 1 aromatic heterocycles. The Labute approximate surface area is 142 Å². The summed E-state index contributed by atoms with van der Waals surface area (Å²) < 4.78 is 4.85. The third kappa shape index (κ3) is 4.96. The molecule has 0 spiro atoms. The van der Waals surface area contributed by atoms with Crippen molar-refractivity contribution in [3.05, 3.63) is 22.4 Å². The smallest absolute Gasteiger partial charge is 0.308 e. The summed E-state index contributed by atoms with van der Waals surface area (Å²) >= 11 is 1.78. The van der Waals surface area contributed by atoms with Crippen molar-refractivity contribution in [2.24, 2.45) is 10.9 Å². The molecule has 2 heterocycles. The van der Waals surface area contributed by atoms with Gasteiger partial charge < -0.3 is 15.0 Å². The average Bonchev–Trinajstić information content (AvgIpc) is 3.12. The first kappa shape index (κ1) is 17.8. The van der Waals surface area contributed by atoms with Gasteiger partial charge in [0.15, 0.2) is 5.96 Å². The van der Waals surface area contributed by atoms with Gasteiger partial charge in [-0.15, -0.1) is 11.3 Å². The molecule has 1 unspecified atom stereocenters. The number of likely N-dealkylation sites (tertiary alicyclic amines) is 1. The molecule has 0 bridgehead atoms. The van der Waals surface area contributed by atoms with E-state index < -0.39 is 0 Å². The van der Waals surface area contributed by atoms with Gasteiger partial charge in [-0.3, -0.25) is 9.79 Å². The van der Waals surface area contributed by atoms with Crippen molar-refractivity contribution in [3.8, 4) is 0 Å². The van der Waals surface area contributed by atoms with Gasteiger partial charge in [-0.1, -0.05) is 13.0 Å². The van der Waals surface area contributed by atoms with E-state index in [4.69, 9.17) is 9.73 Å². The zero-order valence-electron chi connectivity index (χ0n) is 14.2. The number of piperidine rings is 1. The van der Waals surface area contributed by atoms with Gasteiger partial charge in [0, 0.05) is 30.4 Å². The quantitative estimate of drug-likeness (QED) is 0.510. The SMILES string of the molecule is CCNC(=NCC(C)c1cccs1)N1CCC(C(=O)OC)CC1. The molecule has 0 saturated carbocycles. The lowest BCUT2D eigenvalue weighted by atomic mass is 9.97. The highest BCUT2D eigenvalue weighted by Gasteiger charge is 2.27. The number of esters is 1. The molecule has 0 aromatic carbocycles. The highest BCUT2D eigenvalue weighted by molar-refractivity contribution is 7.10. The number of thiophene rings is 1. The van der Waals surface area contributed by atoms with Gasteiger partial charge in [0.25, 0.3) is 0 Å². The number of hydrogen-bond acceptors (Lipinski definition) is 4. The summed E-state index contributed by atoms with van der Waals surface area (Å²) in [5.74, 6) is 1.33. The van der Waals surface area contributed by atoms with E-state index in [0.717, 1.165) is 45.0 Å². The minimum atomic E-state index is -0.0853. The lowest BCUT2D eigenvalue weighted by molar-refractivity contribution is -0.146. The summed E-state index contributed by atoms with van der Waals surface area (Å²) in [5, 5.41) is 5.48. The highest BCUT2D eigenvalue weighted by atomic mass is 32.1. The van der Waals surface area contributed by atoms with Gasteiger partial charge in [-0.25, -0.2) is 0 Å². The molecule has 23 heavy (non-hydrogen) atoms. The molecule has 5 nitrogen and oxygen atoms in total. The molecule has 0 amide bonds. The first-order chi connectivity index (χ1) is 11.2. The van der Waals surface area contributed by atoms with Gasteiger partial charge >= 0.3 is 5.97 Å². The van der Waals surface area contributed by atoms with Crippen LogP contribution in [0.5, 0.6) is 0 Å². The number of aliphatic imine (C=N–C) groups is 1. The Bertz CT molecular complexity index is 508. The molecule has 1 aliphatic rings. The van der Waals surface area contributed by atoms with E-state index in [9.17, 15) is 4.79 Å². The molecule has 1 atom stereocenters. The minimum Gasteiger partial charge on any atom is -0.469 e. The first-order valence-electron chi connectivity index (χ1n) is 8.30. The third-order valence-corrected chi connectivity index (χ3v) is 5.31. The number of nitrogens with zero attached hydrogens (tertiary/aromatic N) is 2. The molecular weight excluding hydrogens is 310 g/mol. The summed E-state index contributed by atoms with van der Waals surface area (Å²) in [7, 11) is 1.46. The molecule has 2 rings (SSSR count). The van der Waals surface area contributed by atoms with Crippen LogP contribution in [-0.2, 0) is 9.53 Å². The van der Waals surface area contributed by atoms with Crippen LogP contribution < -0.4 is 5.32 Å². The maximum Gasteiger partial charge on any atom is 0.308 e. The number of ether oxygens (including phenoxy) is 1. The van der Waals surface area contributed by atoms with Crippen LogP contribution in [0.4, 0.5) is 0 Å². The molecule has 1 saturated heterocycles. The number of hydrogen-bond donors (Lipinski definition) is 1. The molecule has 1 aliphatic heterocycles. The Kier molecular flexibility index (Phi) is 6.89. The fourth-order valence-electron chi connectivity index (χ4n) is 2.80. The molecule has 128 valence electrons. The van der Waals surface area contributed by atoms with Crippen molar-refractivity contribution >= 4 is 23.3 Å². The van der Waals surface area contributed by atoms with E-state index in [1.807, 2.05) is 0 Å². The molecular formula is C17H27N3O2S. The summed E-state index contributed by atoms with van der Waals surface area (Å²) in [6.45, 7) is 7.61. The van der Waals surface area contributed by atoms with Crippen LogP contribution in [0.2, 0.25) is 0 Å². The van der Waals surface area contributed by atoms with Crippen molar-refractivity contribution in [2.75, 3.05) is 33.3 Å². The zero-order valence-corrected chi connectivity index (χ0v) is 15.1. The highest BCUT2D eigenvalue weighted by Crippen LogP contribution is 2.22. The molecule has 6 heteroatoms. The Balaban J connectivity index is 1.93. The van der Waals surface area contributed by atoms with Gasteiger partial charge in [0.05, 0.1) is 19.6 Å². The van der Waals surface area contributed by atoms with Gasteiger partial charge in [-0.05, 0) is 31.2 Å². The summed E-state index contributed by atoms with van der Waals surface area (Å²) in [5.41, 5.74) is 0. The standard InChI is InChI=1S/C17H27N3O2S/c1-4-18-17(19-12-13(2)15-6-5-11-23-15)20-9-7-14(8-10-20)16(21)22-3/h5-6,11,13-14H,4,7-10,12H2,1-3H3,(H,18,19). The molecule has 1 fully saturated rings. The van der Waals surface area contributed by atoms with Crippen LogP contribution in [-0.4, -0.2) is 50.1 Å². The number of carbonyl (C=O) groups is 1. The second-order valence-corrected chi connectivity index (χ2v) is 6.87. The fourth-order valence-corrected chi connectivity index (χ4v) is 3.58. The Morgan fingerprint density at radius 3 is 2.83 bits per heavy atom. The lowest BCUT2D eigenvalue weighted by Crippen LogP contribution is -2.46. The van der Waals surface area contributed by atoms with Crippen LogP contribution >= 0.6 is 11.3 Å². The Morgan fingerprint density at radius 1 is 1.52 bits per heavy atom. The Hall–Kier alpha value is -1.56. The van der Waals surface area contributed by atoms with Crippen LogP contribution in [0.25, 0.3) is 0 Å². The maximum atomic E-state index is 11.6. The zero-order chi connectivity index (χ0) is 16.7. The molecule has 1 N–H and O–H groups in total. The first-order valence-corrected chi connectivity index (χ1v) is 9.18. The van der Waals surface area contributed by atoms with Crippen LogP contribution in [0, 0.1) is 5.92 Å². The fraction of sp³-hybridized carbons (Fsp3) is 0.647. The van der Waals surface area contributed by atoms with Crippen LogP contribution in [0.15, 0.2) is 22.5 Å². The number of guanidine groups is 1. The molecule has 0 radical (unpaired) electrons. The topological polar surface area (TPSA) is 53.9 Å². The van der Waals surface area contributed by atoms with Crippen molar-refractivity contribution in [1.82, 2.24) is 10.2 Å². The van der Waals surface area contributed by atoms with Gasteiger partial charge in [-0.2, -0.15) is 0 Å². The maximum absolute atomic E-state index is 11.6. The second-order valence-electron chi connectivity index (χ2n) is 5.90. The predicted octanol–water partition coefficient (Wildman–Crippen LogP) is 2.70. The van der Waals surface area contributed by atoms with Gasteiger partial charge in [0.2, 0.25) is 0 Å². The Morgan fingerprint density at radius 2 is 2.26 bits per heavy atom. The minimum absolute atomic E-state index is 0.0316. The average molecular weight is 337 g/mol. The second kappa shape index (κ2) is 8.91. The van der Waals surface area contributed by atoms with Crippen molar-refractivity contribution in [2.45, 2.75) is 32.6 Å². The summed E-state index contributed by atoms with van der Waals surface area (Å²) in [4.78, 5) is 20.1.